The van der Waals surface area contributed by atoms with E-state index in [1.165, 1.54) is 10.6 Å². The van der Waals surface area contributed by atoms with E-state index >= 15 is 0 Å². The van der Waals surface area contributed by atoms with Crippen molar-refractivity contribution in [2.24, 2.45) is 0 Å². The SMILES string of the molecule is COc1ccc(CNc2c(Br)c(=O)n(Cc3ccc(F)cc3F)c3ncccc23)c(OC)c1. The van der Waals surface area contributed by atoms with Gasteiger partial charge in [0.2, 0.25) is 0 Å². The van der Waals surface area contributed by atoms with Crippen molar-refractivity contribution in [1.82, 2.24) is 9.55 Å². The molecule has 0 saturated carbocycles. The van der Waals surface area contributed by atoms with Crippen LogP contribution < -0.4 is 20.3 Å². The number of nitrogens with zero attached hydrogens (tertiary/aromatic N) is 2. The number of rotatable bonds is 7. The topological polar surface area (TPSA) is 65.4 Å². The first-order chi connectivity index (χ1) is 15.9. The summed E-state index contributed by atoms with van der Waals surface area (Å²) >= 11 is 3.40. The third-order valence-corrected chi connectivity index (χ3v) is 5.99. The van der Waals surface area contributed by atoms with Gasteiger partial charge in [-0.2, -0.15) is 0 Å². The third-order valence-electron chi connectivity index (χ3n) is 5.26. The highest BCUT2D eigenvalue weighted by Gasteiger charge is 2.18. The molecule has 4 aromatic rings. The molecule has 2 aromatic carbocycles. The smallest absolute Gasteiger partial charge is 0.268 e. The van der Waals surface area contributed by atoms with E-state index in [0.717, 1.165) is 17.7 Å². The number of fused-ring (bicyclic) bond motifs is 1. The van der Waals surface area contributed by atoms with Crippen molar-refractivity contribution in [1.29, 1.82) is 0 Å². The summed E-state index contributed by atoms with van der Waals surface area (Å²) in [5, 5.41) is 3.96. The fourth-order valence-electron chi connectivity index (χ4n) is 3.57. The Morgan fingerprint density at radius 3 is 2.58 bits per heavy atom. The zero-order chi connectivity index (χ0) is 23.5. The first-order valence-corrected chi connectivity index (χ1v) is 10.8. The van der Waals surface area contributed by atoms with Crippen molar-refractivity contribution in [3.8, 4) is 11.5 Å². The first-order valence-electron chi connectivity index (χ1n) is 9.98. The normalized spacial score (nSPS) is 10.9. The van der Waals surface area contributed by atoms with Gasteiger partial charge < -0.3 is 14.8 Å². The molecule has 9 heteroatoms. The molecule has 0 aliphatic heterocycles. The van der Waals surface area contributed by atoms with Crippen molar-refractivity contribution in [3.63, 3.8) is 0 Å². The van der Waals surface area contributed by atoms with Crippen LogP contribution >= 0.6 is 15.9 Å². The lowest BCUT2D eigenvalue weighted by Gasteiger charge is -2.17. The van der Waals surface area contributed by atoms with Crippen LogP contribution in [0.5, 0.6) is 11.5 Å². The number of ether oxygens (including phenoxy) is 2. The number of halogens is 3. The van der Waals surface area contributed by atoms with Gasteiger partial charge in [0.05, 0.1) is 26.5 Å². The fourth-order valence-corrected chi connectivity index (χ4v) is 4.14. The Morgan fingerprint density at radius 2 is 1.85 bits per heavy atom. The van der Waals surface area contributed by atoms with Gasteiger partial charge >= 0.3 is 0 Å². The minimum absolute atomic E-state index is 0.0936. The molecule has 0 radical (unpaired) electrons. The zero-order valence-electron chi connectivity index (χ0n) is 17.9. The van der Waals surface area contributed by atoms with E-state index in [4.69, 9.17) is 9.47 Å². The summed E-state index contributed by atoms with van der Waals surface area (Å²) < 4.78 is 39.9. The van der Waals surface area contributed by atoms with Crippen LogP contribution in [0.25, 0.3) is 11.0 Å². The van der Waals surface area contributed by atoms with Crippen molar-refractivity contribution < 1.29 is 18.3 Å². The summed E-state index contributed by atoms with van der Waals surface area (Å²) in [4.78, 5) is 17.6. The number of aromatic nitrogens is 2. The zero-order valence-corrected chi connectivity index (χ0v) is 19.4. The van der Waals surface area contributed by atoms with Crippen LogP contribution in [0, 0.1) is 11.6 Å². The molecule has 170 valence electrons. The van der Waals surface area contributed by atoms with E-state index in [1.54, 1.807) is 32.5 Å². The van der Waals surface area contributed by atoms with Crippen LogP contribution in [-0.2, 0) is 13.1 Å². The molecule has 6 nitrogen and oxygen atoms in total. The maximum absolute atomic E-state index is 14.3. The molecule has 0 aliphatic carbocycles. The largest absolute Gasteiger partial charge is 0.497 e. The maximum Gasteiger partial charge on any atom is 0.268 e. The highest BCUT2D eigenvalue weighted by atomic mass is 79.9. The minimum Gasteiger partial charge on any atom is -0.497 e. The number of hydrogen-bond donors (Lipinski definition) is 1. The van der Waals surface area contributed by atoms with Gasteiger partial charge in [-0.3, -0.25) is 9.36 Å². The molecule has 0 spiro atoms. The lowest BCUT2D eigenvalue weighted by Crippen LogP contribution is -2.24. The minimum atomic E-state index is -0.726. The Hall–Kier alpha value is -3.46. The molecule has 0 saturated heterocycles. The van der Waals surface area contributed by atoms with Gasteiger partial charge in [-0.05, 0) is 46.3 Å². The van der Waals surface area contributed by atoms with Crippen LogP contribution in [0.1, 0.15) is 11.1 Å². The van der Waals surface area contributed by atoms with Gasteiger partial charge in [0, 0.05) is 41.4 Å². The number of pyridine rings is 2. The number of hydrogen-bond acceptors (Lipinski definition) is 5. The predicted molar refractivity (Wildman–Crippen MR) is 126 cm³/mol. The van der Waals surface area contributed by atoms with Crippen LogP contribution in [0.2, 0.25) is 0 Å². The van der Waals surface area contributed by atoms with E-state index in [0.29, 0.717) is 34.8 Å². The second-order valence-electron chi connectivity index (χ2n) is 7.22. The average molecular weight is 516 g/mol. The van der Waals surface area contributed by atoms with Crippen molar-refractivity contribution >= 4 is 32.7 Å². The molecular weight excluding hydrogens is 496 g/mol. The summed E-state index contributed by atoms with van der Waals surface area (Å²) in [5.41, 5.74) is 1.57. The van der Waals surface area contributed by atoms with Crippen molar-refractivity contribution in [2.45, 2.75) is 13.1 Å². The van der Waals surface area contributed by atoms with Crippen molar-refractivity contribution in [2.75, 3.05) is 19.5 Å². The number of anilines is 1. The van der Waals surface area contributed by atoms with Gasteiger partial charge in [-0.1, -0.05) is 6.07 Å². The molecule has 0 fully saturated rings. The van der Waals surface area contributed by atoms with Crippen LogP contribution in [0.3, 0.4) is 0 Å². The van der Waals surface area contributed by atoms with Crippen molar-refractivity contribution in [3.05, 3.63) is 92.3 Å². The van der Waals surface area contributed by atoms with E-state index in [2.05, 4.69) is 26.2 Å². The summed E-state index contributed by atoms with van der Waals surface area (Å²) in [5.74, 6) is -0.0974. The van der Waals surface area contributed by atoms with E-state index in [9.17, 15) is 13.6 Å². The molecule has 2 heterocycles. The fraction of sp³-hybridized carbons (Fsp3) is 0.167. The molecule has 0 bridgehead atoms. The number of nitrogens with one attached hydrogen (secondary N) is 1. The molecule has 0 unspecified atom stereocenters. The summed E-state index contributed by atoms with van der Waals surface area (Å²) in [7, 11) is 3.15. The standard InChI is InChI=1S/C24H20BrF2N3O3/c1-32-17-8-6-14(20(11-17)33-2)12-29-22-18-4-3-9-28-23(18)30(24(31)21(22)25)13-15-5-7-16(26)10-19(15)27/h3-11,29H,12-13H2,1-2H3. The first kappa shape index (κ1) is 22.7. The number of benzene rings is 2. The quantitative estimate of drug-likeness (QED) is 0.370. The Bertz CT molecular complexity index is 1390. The summed E-state index contributed by atoms with van der Waals surface area (Å²) in [6.45, 7) is 0.273. The van der Waals surface area contributed by atoms with Gasteiger partial charge in [0.25, 0.3) is 5.56 Å². The van der Waals surface area contributed by atoms with E-state index in [1.807, 2.05) is 18.2 Å². The average Bonchev–Trinajstić information content (AvgIpc) is 2.83. The Kier molecular flexibility index (Phi) is 6.60. The highest BCUT2D eigenvalue weighted by Crippen LogP contribution is 2.31. The summed E-state index contributed by atoms with van der Waals surface area (Å²) in [6.07, 6.45) is 1.56. The summed E-state index contributed by atoms with van der Waals surface area (Å²) in [6, 6.07) is 12.3. The molecule has 1 N–H and O–H groups in total. The highest BCUT2D eigenvalue weighted by molar-refractivity contribution is 9.10. The predicted octanol–water partition coefficient (Wildman–Crippen LogP) is 5.11. The van der Waals surface area contributed by atoms with Crippen LogP contribution in [-0.4, -0.2) is 23.8 Å². The van der Waals surface area contributed by atoms with E-state index in [-0.39, 0.29) is 16.6 Å². The molecule has 33 heavy (non-hydrogen) atoms. The van der Waals surface area contributed by atoms with E-state index < -0.39 is 17.2 Å². The molecular formula is C24H20BrF2N3O3. The second-order valence-corrected chi connectivity index (χ2v) is 8.01. The molecule has 0 aliphatic rings. The Labute approximate surface area is 196 Å². The van der Waals surface area contributed by atoms with Gasteiger partial charge in [-0.15, -0.1) is 0 Å². The van der Waals surface area contributed by atoms with Crippen LogP contribution in [0.15, 0.2) is 64.0 Å². The molecule has 4 rings (SSSR count). The van der Waals surface area contributed by atoms with Crippen LogP contribution in [0.4, 0.5) is 14.5 Å². The second kappa shape index (κ2) is 9.58. The number of methoxy groups -OCH3 is 2. The lowest BCUT2D eigenvalue weighted by molar-refractivity contribution is 0.391. The van der Waals surface area contributed by atoms with Gasteiger partial charge in [0.1, 0.15) is 33.3 Å². The Balaban J connectivity index is 1.75. The maximum atomic E-state index is 14.3. The Morgan fingerprint density at radius 1 is 1.06 bits per heavy atom. The monoisotopic (exact) mass is 515 g/mol. The van der Waals surface area contributed by atoms with Gasteiger partial charge in [0.15, 0.2) is 0 Å². The molecule has 0 amide bonds. The lowest BCUT2D eigenvalue weighted by atomic mass is 10.1. The molecule has 0 atom stereocenters. The van der Waals surface area contributed by atoms with Gasteiger partial charge in [-0.25, -0.2) is 13.8 Å². The molecule has 2 aromatic heterocycles. The third kappa shape index (κ3) is 4.54.